The first kappa shape index (κ1) is 13.1. The predicted octanol–water partition coefficient (Wildman–Crippen LogP) is 1.43. The molecule has 98 valence electrons. The number of benzene rings is 1. The SMILES string of the molecule is COCc1ccc(C(=O)N(CCO)C2CC2)cc1. The van der Waals surface area contributed by atoms with Crippen molar-refractivity contribution < 1.29 is 14.6 Å². The lowest BCUT2D eigenvalue weighted by Gasteiger charge is -2.21. The highest BCUT2D eigenvalue weighted by atomic mass is 16.5. The van der Waals surface area contributed by atoms with Gasteiger partial charge in [-0.2, -0.15) is 0 Å². The van der Waals surface area contributed by atoms with E-state index in [0.29, 0.717) is 24.8 Å². The number of rotatable bonds is 6. The van der Waals surface area contributed by atoms with Crippen LogP contribution in [0.5, 0.6) is 0 Å². The molecule has 0 spiro atoms. The fourth-order valence-corrected chi connectivity index (χ4v) is 2.02. The molecule has 1 N–H and O–H groups in total. The molecule has 1 aromatic rings. The smallest absolute Gasteiger partial charge is 0.254 e. The quantitative estimate of drug-likeness (QED) is 0.829. The number of methoxy groups -OCH3 is 1. The van der Waals surface area contributed by atoms with Crippen LogP contribution >= 0.6 is 0 Å². The van der Waals surface area contributed by atoms with Crippen LogP contribution in [-0.4, -0.2) is 42.2 Å². The second-order valence-electron chi connectivity index (χ2n) is 4.58. The topological polar surface area (TPSA) is 49.8 Å². The Labute approximate surface area is 107 Å². The zero-order valence-electron chi connectivity index (χ0n) is 10.6. The van der Waals surface area contributed by atoms with E-state index in [1.54, 1.807) is 12.0 Å². The largest absolute Gasteiger partial charge is 0.395 e. The summed E-state index contributed by atoms with van der Waals surface area (Å²) in [5.41, 5.74) is 1.73. The lowest BCUT2D eigenvalue weighted by atomic mass is 10.1. The van der Waals surface area contributed by atoms with Crippen molar-refractivity contribution in [1.29, 1.82) is 0 Å². The summed E-state index contributed by atoms with van der Waals surface area (Å²) in [5.74, 6) is 0.00974. The number of carbonyl (C=O) groups excluding carboxylic acids is 1. The summed E-state index contributed by atoms with van der Waals surface area (Å²) in [6, 6.07) is 7.78. The molecule has 1 aliphatic rings. The number of carbonyl (C=O) groups is 1. The summed E-state index contributed by atoms with van der Waals surface area (Å²) >= 11 is 0. The summed E-state index contributed by atoms with van der Waals surface area (Å²) in [4.78, 5) is 14.0. The van der Waals surface area contributed by atoms with E-state index >= 15 is 0 Å². The molecule has 0 saturated heterocycles. The maximum atomic E-state index is 12.3. The van der Waals surface area contributed by atoms with Crippen LogP contribution in [-0.2, 0) is 11.3 Å². The maximum Gasteiger partial charge on any atom is 0.254 e. The number of hydrogen-bond acceptors (Lipinski definition) is 3. The molecule has 0 aromatic heterocycles. The van der Waals surface area contributed by atoms with Crippen molar-refractivity contribution in [3.8, 4) is 0 Å². The highest BCUT2D eigenvalue weighted by Crippen LogP contribution is 2.28. The monoisotopic (exact) mass is 249 g/mol. The minimum atomic E-state index is 0.00974. The standard InChI is InChI=1S/C14H19NO3/c1-18-10-11-2-4-12(5-3-11)14(17)15(8-9-16)13-6-7-13/h2-5,13,16H,6-10H2,1H3. The van der Waals surface area contributed by atoms with E-state index in [4.69, 9.17) is 9.84 Å². The van der Waals surface area contributed by atoms with Crippen LogP contribution in [0.3, 0.4) is 0 Å². The van der Waals surface area contributed by atoms with E-state index in [0.717, 1.165) is 18.4 Å². The van der Waals surface area contributed by atoms with Gasteiger partial charge in [0.05, 0.1) is 13.2 Å². The molecule has 0 radical (unpaired) electrons. The molecular weight excluding hydrogens is 230 g/mol. The van der Waals surface area contributed by atoms with Gasteiger partial charge in [0.25, 0.3) is 5.91 Å². The summed E-state index contributed by atoms with van der Waals surface area (Å²) in [6.45, 7) is 0.991. The normalized spacial score (nSPS) is 14.6. The van der Waals surface area contributed by atoms with Gasteiger partial charge in [0, 0.05) is 25.3 Å². The van der Waals surface area contributed by atoms with Crippen LogP contribution < -0.4 is 0 Å². The molecule has 1 fully saturated rings. The lowest BCUT2D eigenvalue weighted by molar-refractivity contribution is 0.0707. The highest BCUT2D eigenvalue weighted by Gasteiger charge is 2.32. The van der Waals surface area contributed by atoms with Crippen LogP contribution in [0.1, 0.15) is 28.8 Å². The third kappa shape index (κ3) is 3.09. The zero-order chi connectivity index (χ0) is 13.0. The number of ether oxygens (including phenoxy) is 1. The van der Waals surface area contributed by atoms with Gasteiger partial charge in [-0.25, -0.2) is 0 Å². The van der Waals surface area contributed by atoms with Crippen molar-refractivity contribution in [3.05, 3.63) is 35.4 Å². The Morgan fingerprint density at radius 2 is 2.06 bits per heavy atom. The fourth-order valence-electron chi connectivity index (χ4n) is 2.02. The van der Waals surface area contributed by atoms with Gasteiger partial charge in [-0.3, -0.25) is 4.79 Å². The van der Waals surface area contributed by atoms with Crippen LogP contribution in [0, 0.1) is 0 Å². The number of aliphatic hydroxyl groups is 1. The molecule has 0 unspecified atom stereocenters. The molecule has 1 aromatic carbocycles. The van der Waals surface area contributed by atoms with Gasteiger partial charge in [0.1, 0.15) is 0 Å². The second kappa shape index (κ2) is 5.98. The summed E-state index contributed by atoms with van der Waals surface area (Å²) in [5, 5.41) is 9.01. The Bertz CT molecular complexity index is 398. The number of nitrogens with zero attached hydrogens (tertiary/aromatic N) is 1. The van der Waals surface area contributed by atoms with Gasteiger partial charge in [0.15, 0.2) is 0 Å². The number of amides is 1. The lowest BCUT2D eigenvalue weighted by Crippen LogP contribution is -2.35. The second-order valence-corrected chi connectivity index (χ2v) is 4.58. The molecule has 0 aliphatic heterocycles. The molecule has 18 heavy (non-hydrogen) atoms. The molecule has 1 amide bonds. The highest BCUT2D eigenvalue weighted by molar-refractivity contribution is 5.94. The van der Waals surface area contributed by atoms with E-state index in [1.807, 2.05) is 24.3 Å². The predicted molar refractivity (Wildman–Crippen MR) is 68.3 cm³/mol. The van der Waals surface area contributed by atoms with Crippen LogP contribution in [0.15, 0.2) is 24.3 Å². The summed E-state index contributed by atoms with van der Waals surface area (Å²) in [7, 11) is 1.65. The Morgan fingerprint density at radius 1 is 1.39 bits per heavy atom. The Balaban J connectivity index is 2.06. The van der Waals surface area contributed by atoms with Gasteiger partial charge < -0.3 is 14.7 Å². The molecular formula is C14H19NO3. The van der Waals surface area contributed by atoms with Crippen molar-refractivity contribution in [3.63, 3.8) is 0 Å². The van der Waals surface area contributed by atoms with E-state index in [2.05, 4.69) is 0 Å². The first-order chi connectivity index (χ1) is 8.76. The molecule has 1 saturated carbocycles. The van der Waals surface area contributed by atoms with E-state index in [-0.39, 0.29) is 12.5 Å². The van der Waals surface area contributed by atoms with Crippen LogP contribution in [0.25, 0.3) is 0 Å². The van der Waals surface area contributed by atoms with Crippen molar-refractivity contribution in [2.45, 2.75) is 25.5 Å². The van der Waals surface area contributed by atoms with Crippen molar-refractivity contribution in [2.75, 3.05) is 20.3 Å². The average Bonchev–Trinajstić information content (AvgIpc) is 3.21. The number of hydrogen-bond donors (Lipinski definition) is 1. The Kier molecular flexibility index (Phi) is 4.33. The van der Waals surface area contributed by atoms with Crippen LogP contribution in [0.4, 0.5) is 0 Å². The minimum Gasteiger partial charge on any atom is -0.395 e. The van der Waals surface area contributed by atoms with E-state index in [9.17, 15) is 4.79 Å². The van der Waals surface area contributed by atoms with Gasteiger partial charge in [-0.15, -0.1) is 0 Å². The molecule has 0 atom stereocenters. The Morgan fingerprint density at radius 3 is 2.56 bits per heavy atom. The van der Waals surface area contributed by atoms with Crippen molar-refractivity contribution in [1.82, 2.24) is 4.90 Å². The van der Waals surface area contributed by atoms with Gasteiger partial charge >= 0.3 is 0 Å². The van der Waals surface area contributed by atoms with Crippen molar-refractivity contribution >= 4 is 5.91 Å². The number of aliphatic hydroxyl groups excluding tert-OH is 1. The summed E-state index contributed by atoms with van der Waals surface area (Å²) < 4.78 is 5.03. The molecule has 1 aliphatic carbocycles. The first-order valence-corrected chi connectivity index (χ1v) is 6.26. The molecule has 0 heterocycles. The average molecular weight is 249 g/mol. The van der Waals surface area contributed by atoms with Gasteiger partial charge in [0.2, 0.25) is 0 Å². The van der Waals surface area contributed by atoms with Crippen LogP contribution in [0.2, 0.25) is 0 Å². The maximum absolute atomic E-state index is 12.3. The van der Waals surface area contributed by atoms with Crippen molar-refractivity contribution in [2.24, 2.45) is 0 Å². The zero-order valence-corrected chi connectivity index (χ0v) is 10.6. The first-order valence-electron chi connectivity index (χ1n) is 6.26. The van der Waals surface area contributed by atoms with E-state index in [1.165, 1.54) is 0 Å². The third-order valence-electron chi connectivity index (χ3n) is 3.10. The molecule has 4 nitrogen and oxygen atoms in total. The van der Waals surface area contributed by atoms with Gasteiger partial charge in [-0.05, 0) is 30.5 Å². The van der Waals surface area contributed by atoms with Gasteiger partial charge in [-0.1, -0.05) is 12.1 Å². The third-order valence-corrected chi connectivity index (χ3v) is 3.10. The minimum absolute atomic E-state index is 0.00974. The molecule has 2 rings (SSSR count). The molecule has 4 heteroatoms. The van der Waals surface area contributed by atoms with E-state index < -0.39 is 0 Å². The molecule has 0 bridgehead atoms. The Hall–Kier alpha value is -1.39. The summed E-state index contributed by atoms with van der Waals surface area (Å²) in [6.07, 6.45) is 2.10. The fraction of sp³-hybridized carbons (Fsp3) is 0.500.